The molecule has 0 bridgehead atoms. The molecule has 132 valence electrons. The summed E-state index contributed by atoms with van der Waals surface area (Å²) in [5.41, 5.74) is 2.08. The highest BCUT2D eigenvalue weighted by molar-refractivity contribution is 7.89. The molecule has 0 fully saturated rings. The van der Waals surface area contributed by atoms with Crippen molar-refractivity contribution < 1.29 is 22.6 Å². The van der Waals surface area contributed by atoms with E-state index in [0.29, 0.717) is 28.4 Å². The second-order valence-corrected chi connectivity index (χ2v) is 7.37. The van der Waals surface area contributed by atoms with E-state index in [0.717, 1.165) is 5.56 Å². The number of ether oxygens (including phenoxy) is 3. The van der Waals surface area contributed by atoms with Crippen molar-refractivity contribution in [1.29, 1.82) is 0 Å². The van der Waals surface area contributed by atoms with Gasteiger partial charge in [0.25, 0.3) is 0 Å². The van der Waals surface area contributed by atoms with Crippen molar-refractivity contribution in [3.63, 3.8) is 0 Å². The lowest BCUT2D eigenvalue weighted by atomic mass is 10.1. The molecule has 1 aliphatic rings. The minimum Gasteiger partial charge on any atom is -0.496 e. The van der Waals surface area contributed by atoms with Gasteiger partial charge in [-0.2, -0.15) is 4.72 Å². The smallest absolute Gasteiger partial charge is 0.243 e. The number of aryl methyl sites for hydroxylation is 1. The fraction of sp³-hybridized carbons (Fsp3) is 0.222. The number of sulfonamides is 1. The van der Waals surface area contributed by atoms with Crippen LogP contribution < -0.4 is 18.9 Å². The Bertz CT molecular complexity index is 919. The van der Waals surface area contributed by atoms with Gasteiger partial charge in [0.1, 0.15) is 17.2 Å². The maximum absolute atomic E-state index is 12.6. The van der Waals surface area contributed by atoms with Crippen LogP contribution in [-0.2, 0) is 10.0 Å². The molecule has 0 saturated carbocycles. The van der Waals surface area contributed by atoms with Gasteiger partial charge in [0.2, 0.25) is 10.0 Å². The van der Waals surface area contributed by atoms with E-state index in [-0.39, 0.29) is 4.90 Å². The maximum atomic E-state index is 12.6. The van der Waals surface area contributed by atoms with Gasteiger partial charge >= 0.3 is 0 Å². The molecule has 0 radical (unpaired) electrons. The van der Waals surface area contributed by atoms with E-state index in [2.05, 4.69) is 11.3 Å². The van der Waals surface area contributed by atoms with Gasteiger partial charge in [0, 0.05) is 17.7 Å². The van der Waals surface area contributed by atoms with Crippen molar-refractivity contribution in [2.75, 3.05) is 14.2 Å². The third-order valence-electron chi connectivity index (χ3n) is 3.97. The molecule has 1 N–H and O–H groups in total. The van der Waals surface area contributed by atoms with Crippen LogP contribution in [0.4, 0.5) is 0 Å². The number of hydrogen-bond acceptors (Lipinski definition) is 5. The van der Waals surface area contributed by atoms with Crippen LogP contribution in [0.25, 0.3) is 5.57 Å². The Hall–Kier alpha value is -2.51. The molecule has 2 aromatic carbocycles. The van der Waals surface area contributed by atoms with E-state index >= 15 is 0 Å². The lowest BCUT2D eigenvalue weighted by Gasteiger charge is -2.14. The SMILES string of the molecule is C=C1c2c(OC)cc(OC)cc2OC1NS(=O)(=O)c1ccc(C)cc1. The van der Waals surface area contributed by atoms with E-state index in [4.69, 9.17) is 14.2 Å². The largest absolute Gasteiger partial charge is 0.496 e. The monoisotopic (exact) mass is 361 g/mol. The Morgan fingerprint density at radius 3 is 2.40 bits per heavy atom. The van der Waals surface area contributed by atoms with Crippen LogP contribution in [0, 0.1) is 6.92 Å². The normalized spacial score (nSPS) is 16.3. The van der Waals surface area contributed by atoms with Gasteiger partial charge in [-0.15, -0.1) is 0 Å². The first-order valence-electron chi connectivity index (χ1n) is 7.56. The molecule has 0 spiro atoms. The van der Waals surface area contributed by atoms with Crippen molar-refractivity contribution in [2.45, 2.75) is 18.0 Å². The summed E-state index contributed by atoms with van der Waals surface area (Å²) in [6.45, 7) is 5.85. The first-order valence-corrected chi connectivity index (χ1v) is 9.05. The van der Waals surface area contributed by atoms with Crippen LogP contribution >= 0.6 is 0 Å². The summed E-state index contributed by atoms with van der Waals surface area (Å²) in [5.74, 6) is 1.51. The molecule has 0 amide bonds. The Balaban J connectivity index is 1.90. The van der Waals surface area contributed by atoms with Gasteiger partial charge in [0.05, 0.1) is 24.7 Å². The van der Waals surface area contributed by atoms with Gasteiger partial charge in [-0.3, -0.25) is 0 Å². The van der Waals surface area contributed by atoms with Crippen LogP contribution in [0.2, 0.25) is 0 Å². The Morgan fingerprint density at radius 1 is 1.12 bits per heavy atom. The van der Waals surface area contributed by atoms with Crippen LogP contribution in [0.5, 0.6) is 17.2 Å². The first kappa shape index (κ1) is 17.3. The van der Waals surface area contributed by atoms with E-state index in [9.17, 15) is 8.42 Å². The summed E-state index contributed by atoms with van der Waals surface area (Å²) >= 11 is 0. The molecule has 1 atom stereocenters. The number of methoxy groups -OCH3 is 2. The number of nitrogens with one attached hydrogen (secondary N) is 1. The summed E-state index contributed by atoms with van der Waals surface area (Å²) < 4.78 is 44.0. The summed E-state index contributed by atoms with van der Waals surface area (Å²) in [5, 5.41) is 0. The molecule has 1 unspecified atom stereocenters. The molecule has 2 aromatic rings. The lowest BCUT2D eigenvalue weighted by molar-refractivity contribution is 0.263. The first-order chi connectivity index (χ1) is 11.9. The molecule has 3 rings (SSSR count). The molecule has 25 heavy (non-hydrogen) atoms. The second kappa shape index (κ2) is 6.42. The molecule has 1 heterocycles. The fourth-order valence-electron chi connectivity index (χ4n) is 2.60. The maximum Gasteiger partial charge on any atom is 0.243 e. The van der Waals surface area contributed by atoms with E-state index < -0.39 is 16.3 Å². The Labute approximate surface area is 147 Å². The van der Waals surface area contributed by atoms with E-state index in [1.54, 1.807) is 36.4 Å². The summed E-state index contributed by atoms with van der Waals surface area (Å²) in [4.78, 5) is 0.162. The average molecular weight is 361 g/mol. The van der Waals surface area contributed by atoms with E-state index in [1.165, 1.54) is 14.2 Å². The highest BCUT2D eigenvalue weighted by Gasteiger charge is 2.34. The number of rotatable bonds is 5. The third-order valence-corrected chi connectivity index (χ3v) is 5.39. The summed E-state index contributed by atoms with van der Waals surface area (Å²) in [6.07, 6.45) is -0.915. The molecule has 7 heteroatoms. The Kier molecular flexibility index (Phi) is 4.45. The predicted octanol–water partition coefficient (Wildman–Crippen LogP) is 2.72. The number of benzene rings is 2. The highest BCUT2D eigenvalue weighted by atomic mass is 32.2. The third kappa shape index (κ3) is 3.20. The van der Waals surface area contributed by atoms with Gasteiger partial charge in [-0.25, -0.2) is 8.42 Å². The number of fused-ring (bicyclic) bond motifs is 1. The minimum absolute atomic E-state index is 0.162. The van der Waals surface area contributed by atoms with Crippen molar-refractivity contribution in [1.82, 2.24) is 4.72 Å². The van der Waals surface area contributed by atoms with Crippen LogP contribution in [0.3, 0.4) is 0 Å². The zero-order chi connectivity index (χ0) is 18.2. The second-order valence-electron chi connectivity index (χ2n) is 5.66. The molecule has 1 aliphatic heterocycles. The van der Waals surface area contributed by atoms with Gasteiger partial charge in [0.15, 0.2) is 6.23 Å². The van der Waals surface area contributed by atoms with Crippen molar-refractivity contribution in [2.24, 2.45) is 0 Å². The van der Waals surface area contributed by atoms with E-state index in [1.807, 2.05) is 6.92 Å². The zero-order valence-electron chi connectivity index (χ0n) is 14.2. The standard InChI is InChI=1S/C18H19NO5S/c1-11-5-7-14(8-6-11)25(20,21)19-18-12(2)17-15(23-4)9-13(22-3)10-16(17)24-18/h5-10,18-19H,2H2,1,3-4H3. The van der Waals surface area contributed by atoms with Gasteiger partial charge < -0.3 is 14.2 Å². The molecular weight excluding hydrogens is 342 g/mol. The Morgan fingerprint density at radius 2 is 1.80 bits per heavy atom. The predicted molar refractivity (Wildman–Crippen MR) is 94.5 cm³/mol. The van der Waals surface area contributed by atoms with Crippen LogP contribution in [-0.4, -0.2) is 28.9 Å². The van der Waals surface area contributed by atoms with Gasteiger partial charge in [-0.1, -0.05) is 24.3 Å². The summed E-state index contributed by atoms with van der Waals surface area (Å²) in [7, 11) is -0.704. The summed E-state index contributed by atoms with van der Waals surface area (Å²) in [6, 6.07) is 9.94. The average Bonchev–Trinajstić information content (AvgIpc) is 2.89. The van der Waals surface area contributed by atoms with Crippen molar-refractivity contribution >= 4 is 15.6 Å². The molecular formula is C18H19NO5S. The minimum atomic E-state index is -3.75. The highest BCUT2D eigenvalue weighted by Crippen LogP contribution is 2.44. The quantitative estimate of drug-likeness (QED) is 0.886. The lowest BCUT2D eigenvalue weighted by Crippen LogP contribution is -2.37. The van der Waals surface area contributed by atoms with Crippen molar-refractivity contribution in [3.8, 4) is 17.2 Å². The van der Waals surface area contributed by atoms with Crippen LogP contribution in [0.15, 0.2) is 47.9 Å². The molecule has 0 aromatic heterocycles. The topological polar surface area (TPSA) is 73.9 Å². The number of hydrogen-bond donors (Lipinski definition) is 1. The van der Waals surface area contributed by atoms with Gasteiger partial charge in [-0.05, 0) is 19.1 Å². The van der Waals surface area contributed by atoms with Crippen LogP contribution in [0.1, 0.15) is 11.1 Å². The fourth-order valence-corrected chi connectivity index (χ4v) is 3.71. The molecule has 0 aliphatic carbocycles. The van der Waals surface area contributed by atoms with Crippen molar-refractivity contribution in [3.05, 3.63) is 54.1 Å². The zero-order valence-corrected chi connectivity index (χ0v) is 15.0. The molecule has 6 nitrogen and oxygen atoms in total. The molecule has 0 saturated heterocycles.